The van der Waals surface area contributed by atoms with Gasteiger partial charge in [-0.3, -0.25) is 0 Å². The highest BCUT2D eigenvalue weighted by Crippen LogP contribution is 2.24. The van der Waals surface area contributed by atoms with Crippen molar-refractivity contribution in [3.8, 4) is 0 Å². The highest BCUT2D eigenvalue weighted by atomic mass is 79.9. The van der Waals surface area contributed by atoms with Gasteiger partial charge < -0.3 is 5.73 Å². The monoisotopic (exact) mass is 263 g/mol. The van der Waals surface area contributed by atoms with E-state index >= 15 is 0 Å². The van der Waals surface area contributed by atoms with E-state index in [0.717, 1.165) is 0 Å². The molecule has 0 atom stereocenters. The van der Waals surface area contributed by atoms with Crippen LogP contribution in [0.5, 0.6) is 0 Å². The third-order valence-electron chi connectivity index (χ3n) is 1.67. The number of halogens is 1. The number of hydrogen-bond acceptors (Lipinski definition) is 3. The fourth-order valence-corrected chi connectivity index (χ4v) is 2.89. The van der Waals surface area contributed by atoms with E-state index in [1.54, 1.807) is 19.1 Å². The van der Waals surface area contributed by atoms with Crippen LogP contribution in [0.3, 0.4) is 0 Å². The quantitative estimate of drug-likeness (QED) is 0.829. The second kappa shape index (κ2) is 3.67. The lowest BCUT2D eigenvalue weighted by Crippen LogP contribution is -2.05. The van der Waals surface area contributed by atoms with Gasteiger partial charge in [0.1, 0.15) is 0 Å². The molecule has 1 aromatic rings. The van der Waals surface area contributed by atoms with Crippen molar-refractivity contribution in [2.24, 2.45) is 0 Å². The molecule has 1 rings (SSSR count). The molecule has 0 aliphatic heterocycles. The third-order valence-corrected chi connectivity index (χ3v) is 4.39. The van der Waals surface area contributed by atoms with Crippen LogP contribution in [0, 0.1) is 0 Å². The molecule has 0 aromatic heterocycles. The topological polar surface area (TPSA) is 60.2 Å². The summed E-state index contributed by atoms with van der Waals surface area (Å²) in [5.74, 6) is 0.0784. The molecule has 0 radical (unpaired) electrons. The van der Waals surface area contributed by atoms with Crippen LogP contribution in [0.25, 0.3) is 0 Å². The van der Waals surface area contributed by atoms with Crippen LogP contribution in [0.4, 0.5) is 5.69 Å². The summed E-state index contributed by atoms with van der Waals surface area (Å²) >= 11 is 3.17. The average Bonchev–Trinajstić information content (AvgIpc) is 2.09. The molecule has 5 heteroatoms. The maximum absolute atomic E-state index is 11.5. The molecule has 1 aromatic carbocycles. The van der Waals surface area contributed by atoms with Crippen LogP contribution in [0.2, 0.25) is 0 Å². The molecule has 0 saturated carbocycles. The summed E-state index contributed by atoms with van der Waals surface area (Å²) in [7, 11) is -3.18. The molecule has 13 heavy (non-hydrogen) atoms. The van der Waals surface area contributed by atoms with Crippen molar-refractivity contribution >= 4 is 31.5 Å². The molecular formula is C8H10BrNO2S. The molecule has 0 fully saturated rings. The number of sulfone groups is 1. The number of anilines is 1. The maximum atomic E-state index is 11.5. The Bertz CT molecular complexity index is 414. The molecule has 0 bridgehead atoms. The van der Waals surface area contributed by atoms with E-state index in [4.69, 9.17) is 5.73 Å². The van der Waals surface area contributed by atoms with E-state index in [1.807, 2.05) is 0 Å². The standard InChI is InChI=1S/C8H10BrNO2S/c1-2-13(11,12)8-5-6(10)3-4-7(8)9/h3-5H,2,10H2,1H3. The first-order valence-corrected chi connectivity index (χ1v) is 6.19. The molecular weight excluding hydrogens is 254 g/mol. The summed E-state index contributed by atoms with van der Waals surface area (Å²) in [4.78, 5) is 0.259. The third kappa shape index (κ3) is 2.22. The van der Waals surface area contributed by atoms with Crippen LogP contribution in [0.15, 0.2) is 27.6 Å². The van der Waals surface area contributed by atoms with Crippen molar-refractivity contribution in [2.75, 3.05) is 11.5 Å². The minimum atomic E-state index is -3.18. The molecule has 2 N–H and O–H groups in total. The smallest absolute Gasteiger partial charge is 0.179 e. The van der Waals surface area contributed by atoms with Crippen molar-refractivity contribution in [1.29, 1.82) is 0 Å². The van der Waals surface area contributed by atoms with E-state index in [9.17, 15) is 8.42 Å². The SMILES string of the molecule is CCS(=O)(=O)c1cc(N)ccc1Br. The van der Waals surface area contributed by atoms with Crippen LogP contribution < -0.4 is 5.73 Å². The van der Waals surface area contributed by atoms with Gasteiger partial charge in [-0.25, -0.2) is 8.42 Å². The first-order chi connectivity index (χ1) is 5.97. The molecule has 0 aliphatic rings. The van der Waals surface area contributed by atoms with E-state index < -0.39 is 9.84 Å². The first-order valence-electron chi connectivity index (χ1n) is 3.75. The summed E-state index contributed by atoms with van der Waals surface area (Å²) in [6.45, 7) is 1.60. The fraction of sp³-hybridized carbons (Fsp3) is 0.250. The summed E-state index contributed by atoms with van der Waals surface area (Å²) in [6, 6.07) is 4.75. The fourth-order valence-electron chi connectivity index (χ4n) is 0.914. The van der Waals surface area contributed by atoms with Crippen molar-refractivity contribution in [1.82, 2.24) is 0 Å². The Morgan fingerprint density at radius 1 is 1.46 bits per heavy atom. The lowest BCUT2D eigenvalue weighted by atomic mass is 10.3. The molecule has 0 heterocycles. The Hall–Kier alpha value is -0.550. The Kier molecular flexibility index (Phi) is 2.98. The van der Waals surface area contributed by atoms with Gasteiger partial charge in [0.25, 0.3) is 0 Å². The van der Waals surface area contributed by atoms with E-state index in [-0.39, 0.29) is 10.6 Å². The molecule has 3 nitrogen and oxygen atoms in total. The second-order valence-corrected chi connectivity index (χ2v) is 5.69. The number of benzene rings is 1. The van der Waals surface area contributed by atoms with Gasteiger partial charge in [0.15, 0.2) is 9.84 Å². The summed E-state index contributed by atoms with van der Waals surface area (Å²) in [5, 5.41) is 0. The van der Waals surface area contributed by atoms with Crippen molar-refractivity contribution < 1.29 is 8.42 Å². The maximum Gasteiger partial charge on any atom is 0.179 e. The van der Waals surface area contributed by atoms with Gasteiger partial charge >= 0.3 is 0 Å². The predicted octanol–water partition coefficient (Wildman–Crippen LogP) is 1.82. The highest BCUT2D eigenvalue weighted by molar-refractivity contribution is 9.10. The molecule has 0 amide bonds. The zero-order valence-electron chi connectivity index (χ0n) is 7.12. The molecule has 0 aliphatic carbocycles. The van der Waals surface area contributed by atoms with E-state index in [1.165, 1.54) is 6.07 Å². The number of nitrogen functional groups attached to an aromatic ring is 1. The average molecular weight is 264 g/mol. The predicted molar refractivity (Wildman–Crippen MR) is 56.3 cm³/mol. The second-order valence-electron chi connectivity index (χ2n) is 2.59. The highest BCUT2D eigenvalue weighted by Gasteiger charge is 2.15. The number of hydrogen-bond donors (Lipinski definition) is 1. The van der Waals surface area contributed by atoms with Crippen molar-refractivity contribution in [3.05, 3.63) is 22.7 Å². The van der Waals surface area contributed by atoms with Crippen LogP contribution in [0.1, 0.15) is 6.92 Å². The Balaban J connectivity index is 3.38. The number of rotatable bonds is 2. The minimum Gasteiger partial charge on any atom is -0.399 e. The molecule has 0 saturated heterocycles. The lowest BCUT2D eigenvalue weighted by molar-refractivity contribution is 0.597. The van der Waals surface area contributed by atoms with E-state index in [2.05, 4.69) is 15.9 Å². The van der Waals surface area contributed by atoms with Gasteiger partial charge in [-0.15, -0.1) is 0 Å². The summed E-state index contributed by atoms with van der Waals surface area (Å²) in [5.41, 5.74) is 5.95. The number of nitrogens with two attached hydrogens (primary N) is 1. The zero-order chi connectivity index (χ0) is 10.1. The summed E-state index contributed by atoms with van der Waals surface area (Å²) < 4.78 is 23.5. The Morgan fingerprint density at radius 3 is 2.62 bits per heavy atom. The van der Waals surface area contributed by atoms with Crippen LogP contribution >= 0.6 is 15.9 Å². The zero-order valence-corrected chi connectivity index (χ0v) is 9.52. The Morgan fingerprint density at radius 2 is 2.08 bits per heavy atom. The lowest BCUT2D eigenvalue weighted by Gasteiger charge is -2.04. The van der Waals surface area contributed by atoms with Crippen LogP contribution in [-0.2, 0) is 9.84 Å². The van der Waals surface area contributed by atoms with Crippen LogP contribution in [-0.4, -0.2) is 14.2 Å². The van der Waals surface area contributed by atoms with Gasteiger partial charge in [-0.2, -0.15) is 0 Å². The normalized spacial score (nSPS) is 11.5. The Labute approximate surface area is 86.0 Å². The van der Waals surface area contributed by atoms with Gasteiger partial charge in [-0.05, 0) is 34.1 Å². The van der Waals surface area contributed by atoms with Gasteiger partial charge in [0.2, 0.25) is 0 Å². The summed E-state index contributed by atoms with van der Waals surface area (Å²) in [6.07, 6.45) is 0. The van der Waals surface area contributed by atoms with Gasteiger partial charge in [-0.1, -0.05) is 6.92 Å². The van der Waals surface area contributed by atoms with Crippen molar-refractivity contribution in [3.63, 3.8) is 0 Å². The minimum absolute atomic E-state index is 0.0784. The van der Waals surface area contributed by atoms with Crippen molar-refractivity contribution in [2.45, 2.75) is 11.8 Å². The molecule has 0 unspecified atom stereocenters. The first kappa shape index (κ1) is 10.5. The molecule has 0 spiro atoms. The largest absolute Gasteiger partial charge is 0.399 e. The van der Waals surface area contributed by atoms with E-state index in [0.29, 0.717) is 10.2 Å². The van der Waals surface area contributed by atoms with Gasteiger partial charge in [0, 0.05) is 10.2 Å². The van der Waals surface area contributed by atoms with Gasteiger partial charge in [0.05, 0.1) is 10.6 Å². The molecule has 72 valence electrons.